The van der Waals surface area contributed by atoms with Gasteiger partial charge in [-0.2, -0.15) is 4.31 Å². The van der Waals surface area contributed by atoms with Crippen LogP contribution in [0.2, 0.25) is 0 Å². The van der Waals surface area contributed by atoms with Crippen molar-refractivity contribution in [3.05, 3.63) is 45.9 Å². The van der Waals surface area contributed by atoms with Crippen LogP contribution in [-0.2, 0) is 27.7 Å². The highest BCUT2D eigenvalue weighted by atomic mass is 79.9. The van der Waals surface area contributed by atoms with Crippen molar-refractivity contribution in [2.75, 3.05) is 32.6 Å². The summed E-state index contributed by atoms with van der Waals surface area (Å²) >= 11 is 3.54. The van der Waals surface area contributed by atoms with E-state index >= 15 is 0 Å². The number of nitrogens with zero attached hydrogens (tertiary/aromatic N) is 1. The van der Waals surface area contributed by atoms with Crippen molar-refractivity contribution >= 4 is 37.5 Å². The van der Waals surface area contributed by atoms with Gasteiger partial charge in [0.2, 0.25) is 15.9 Å². The predicted molar refractivity (Wildman–Crippen MR) is 133 cm³/mol. The first-order valence-electron chi connectivity index (χ1n) is 11.1. The lowest BCUT2D eigenvalue weighted by atomic mass is 9.96. The molecule has 0 aliphatic carbocycles. The normalized spacial score (nSPS) is 15.3. The molecule has 0 spiro atoms. The fraction of sp³-hybridized carbons (Fsp3) is 0.458. The van der Waals surface area contributed by atoms with E-state index in [0.717, 1.165) is 34.1 Å². The van der Waals surface area contributed by atoms with Gasteiger partial charge in [0.25, 0.3) is 0 Å². The minimum atomic E-state index is -3.69. The minimum absolute atomic E-state index is 0.0510. The second-order valence-corrected chi connectivity index (χ2v) is 10.8. The molecule has 0 aromatic heterocycles. The van der Waals surface area contributed by atoms with Crippen molar-refractivity contribution in [3.63, 3.8) is 0 Å². The molecule has 1 amide bonds. The molecule has 0 bridgehead atoms. The molecular weight excluding hydrogens is 508 g/mol. The van der Waals surface area contributed by atoms with Crippen molar-refractivity contribution in [2.24, 2.45) is 5.92 Å². The zero-order chi connectivity index (χ0) is 24.2. The van der Waals surface area contributed by atoms with Gasteiger partial charge < -0.3 is 14.8 Å². The molecule has 1 heterocycles. The lowest BCUT2D eigenvalue weighted by molar-refractivity contribution is -0.120. The van der Waals surface area contributed by atoms with Gasteiger partial charge in [0.1, 0.15) is 0 Å². The first-order valence-corrected chi connectivity index (χ1v) is 13.3. The number of carbonyl (C=O) groups is 1. The molecule has 0 radical (unpaired) electrons. The number of piperidine rings is 1. The fourth-order valence-corrected chi connectivity index (χ4v) is 6.19. The minimum Gasteiger partial charge on any atom is -0.493 e. The second-order valence-electron chi connectivity index (χ2n) is 7.99. The third kappa shape index (κ3) is 5.53. The third-order valence-electron chi connectivity index (χ3n) is 6.09. The van der Waals surface area contributed by atoms with Crippen LogP contribution in [0.5, 0.6) is 11.5 Å². The average Bonchev–Trinajstić information content (AvgIpc) is 2.84. The van der Waals surface area contributed by atoms with E-state index in [4.69, 9.17) is 9.47 Å². The first kappa shape index (κ1) is 25.5. The predicted octanol–water partition coefficient (Wildman–Crippen LogP) is 4.63. The molecule has 3 rings (SSSR count). The van der Waals surface area contributed by atoms with Gasteiger partial charge in [-0.15, -0.1) is 0 Å². The topological polar surface area (TPSA) is 84.9 Å². The average molecular weight is 539 g/mol. The highest BCUT2D eigenvalue weighted by Gasteiger charge is 2.33. The Balaban J connectivity index is 1.71. The van der Waals surface area contributed by atoms with Crippen LogP contribution in [0.1, 0.15) is 37.8 Å². The van der Waals surface area contributed by atoms with Gasteiger partial charge in [-0.1, -0.05) is 29.8 Å². The summed E-state index contributed by atoms with van der Waals surface area (Å²) < 4.78 is 39.2. The van der Waals surface area contributed by atoms with Crippen molar-refractivity contribution in [3.8, 4) is 11.5 Å². The van der Waals surface area contributed by atoms with Crippen molar-refractivity contribution in [1.29, 1.82) is 0 Å². The zero-order valence-corrected chi connectivity index (χ0v) is 21.9. The van der Waals surface area contributed by atoms with Gasteiger partial charge in [-0.25, -0.2) is 8.42 Å². The third-order valence-corrected chi connectivity index (χ3v) is 8.45. The number of ether oxygens (including phenoxy) is 2. The van der Waals surface area contributed by atoms with Crippen LogP contribution in [-0.4, -0.2) is 45.9 Å². The van der Waals surface area contributed by atoms with E-state index in [0.29, 0.717) is 24.3 Å². The lowest BCUT2D eigenvalue weighted by Crippen LogP contribution is -2.41. The Morgan fingerprint density at radius 1 is 1.03 bits per heavy atom. The summed E-state index contributed by atoms with van der Waals surface area (Å²) in [5, 5.41) is 3.13. The highest BCUT2D eigenvalue weighted by molar-refractivity contribution is 9.10. The number of amides is 1. The number of anilines is 1. The lowest BCUT2D eigenvalue weighted by Gasteiger charge is -2.31. The maximum Gasteiger partial charge on any atom is 0.243 e. The molecule has 2 aromatic rings. The first-order chi connectivity index (χ1) is 15.7. The molecule has 1 saturated heterocycles. The summed E-state index contributed by atoms with van der Waals surface area (Å²) in [6.45, 7) is 4.70. The Morgan fingerprint density at radius 2 is 1.61 bits per heavy atom. The summed E-state index contributed by atoms with van der Waals surface area (Å²) in [7, 11) is -0.720. The number of sulfonamides is 1. The Labute approximate surface area is 204 Å². The standard InChI is InChI=1S/C24H31BrN2O5S/c1-5-16-13-19(25)14-17(6-2)23(16)26-24(28)18-9-11-27(12-10-18)33(29,30)20-7-8-21(31-3)22(15-20)32-4/h7-8,13-15,18H,5-6,9-12H2,1-4H3,(H,26,28). The summed E-state index contributed by atoms with van der Waals surface area (Å²) in [4.78, 5) is 13.2. The van der Waals surface area contributed by atoms with E-state index in [-0.39, 0.29) is 29.8 Å². The number of hydrogen-bond donors (Lipinski definition) is 1. The Morgan fingerprint density at radius 3 is 2.12 bits per heavy atom. The van der Waals surface area contributed by atoms with Crippen molar-refractivity contribution < 1.29 is 22.7 Å². The Hall–Kier alpha value is -2.10. The van der Waals surface area contributed by atoms with E-state index in [1.807, 2.05) is 12.1 Å². The zero-order valence-electron chi connectivity index (χ0n) is 19.5. The van der Waals surface area contributed by atoms with Gasteiger partial charge in [0.05, 0.1) is 19.1 Å². The summed E-state index contributed by atoms with van der Waals surface area (Å²) in [5.41, 5.74) is 3.06. The number of aryl methyl sites for hydroxylation is 2. The van der Waals surface area contributed by atoms with Crippen LogP contribution in [0.4, 0.5) is 5.69 Å². The number of carbonyl (C=O) groups excluding carboxylic acids is 1. The van der Waals surface area contributed by atoms with Gasteiger partial charge in [0.15, 0.2) is 11.5 Å². The highest BCUT2D eigenvalue weighted by Crippen LogP contribution is 2.33. The molecule has 0 unspecified atom stereocenters. The Bertz CT molecular complexity index is 1090. The van der Waals surface area contributed by atoms with E-state index < -0.39 is 10.0 Å². The van der Waals surface area contributed by atoms with Gasteiger partial charge in [0, 0.05) is 35.2 Å². The van der Waals surface area contributed by atoms with Crippen LogP contribution >= 0.6 is 15.9 Å². The number of halogens is 1. The number of benzene rings is 2. The van der Waals surface area contributed by atoms with E-state index in [1.54, 1.807) is 6.07 Å². The molecule has 180 valence electrons. The Kier molecular flexibility index (Phi) is 8.42. The molecule has 2 aromatic carbocycles. The van der Waals surface area contributed by atoms with Gasteiger partial charge in [-0.3, -0.25) is 4.79 Å². The number of methoxy groups -OCH3 is 2. The maximum atomic E-state index is 13.1. The van der Waals surface area contributed by atoms with Crippen LogP contribution in [0.15, 0.2) is 39.7 Å². The molecule has 1 aliphatic rings. The van der Waals surface area contributed by atoms with Crippen LogP contribution in [0.25, 0.3) is 0 Å². The van der Waals surface area contributed by atoms with Gasteiger partial charge >= 0.3 is 0 Å². The smallest absolute Gasteiger partial charge is 0.243 e. The molecule has 1 aliphatic heterocycles. The van der Waals surface area contributed by atoms with Crippen molar-refractivity contribution in [2.45, 2.75) is 44.4 Å². The van der Waals surface area contributed by atoms with Gasteiger partial charge in [-0.05, 0) is 61.1 Å². The second kappa shape index (κ2) is 10.9. The van der Waals surface area contributed by atoms with Crippen molar-refractivity contribution in [1.82, 2.24) is 4.31 Å². The van der Waals surface area contributed by atoms with Crippen LogP contribution < -0.4 is 14.8 Å². The summed E-state index contributed by atoms with van der Waals surface area (Å²) in [6, 6.07) is 8.64. The molecule has 1 fully saturated rings. The molecule has 0 atom stereocenters. The molecule has 7 nitrogen and oxygen atoms in total. The van der Waals surface area contributed by atoms with Crippen LogP contribution in [0, 0.1) is 5.92 Å². The summed E-state index contributed by atoms with van der Waals surface area (Å²) in [5.74, 6) is 0.545. The largest absolute Gasteiger partial charge is 0.493 e. The van der Waals surface area contributed by atoms with E-state index in [9.17, 15) is 13.2 Å². The van der Waals surface area contributed by atoms with E-state index in [2.05, 4.69) is 35.1 Å². The molecule has 33 heavy (non-hydrogen) atoms. The number of rotatable bonds is 8. The molecule has 9 heteroatoms. The molecule has 1 N–H and O–H groups in total. The SMILES string of the molecule is CCc1cc(Br)cc(CC)c1NC(=O)C1CCN(S(=O)(=O)c2ccc(OC)c(OC)c2)CC1. The fourth-order valence-electron chi connectivity index (χ4n) is 4.15. The molecule has 0 saturated carbocycles. The monoisotopic (exact) mass is 538 g/mol. The summed E-state index contributed by atoms with van der Waals surface area (Å²) in [6.07, 6.45) is 2.56. The maximum absolute atomic E-state index is 13.1. The number of nitrogens with one attached hydrogen (secondary N) is 1. The number of hydrogen-bond acceptors (Lipinski definition) is 5. The molecular formula is C24H31BrN2O5S. The van der Waals surface area contributed by atoms with E-state index in [1.165, 1.54) is 30.7 Å². The quantitative estimate of drug-likeness (QED) is 0.529. The van der Waals surface area contributed by atoms with Crippen LogP contribution in [0.3, 0.4) is 0 Å².